The number of nitrogens with one attached hydrogen (secondary N) is 1. The molecular formula is C18H29N5O3. The van der Waals surface area contributed by atoms with Crippen LogP contribution >= 0.6 is 0 Å². The van der Waals surface area contributed by atoms with Crippen molar-refractivity contribution in [3.8, 4) is 0 Å². The summed E-state index contributed by atoms with van der Waals surface area (Å²) in [5.41, 5.74) is 0.0384. The Balaban J connectivity index is 1.57. The Bertz CT molecular complexity index is 647. The maximum Gasteiger partial charge on any atom is 0.223 e. The molecule has 1 spiro atoms. The van der Waals surface area contributed by atoms with E-state index in [0.29, 0.717) is 38.2 Å². The van der Waals surface area contributed by atoms with Crippen LogP contribution in [-0.2, 0) is 20.7 Å². The number of rotatable bonds is 6. The average molecular weight is 363 g/mol. The molecule has 0 unspecified atom stereocenters. The SMILES string of the molecule is COCCN1C[C@@]2(CCCN(C(=O)CCc3n[nH]c(C)n3)C2)CCC1=O. The second-order valence-electron chi connectivity index (χ2n) is 7.56. The molecule has 2 amide bonds. The molecule has 0 bridgehead atoms. The summed E-state index contributed by atoms with van der Waals surface area (Å²) in [5, 5.41) is 6.91. The third kappa shape index (κ3) is 4.41. The summed E-state index contributed by atoms with van der Waals surface area (Å²) in [4.78, 5) is 33.0. The van der Waals surface area contributed by atoms with Gasteiger partial charge in [-0.15, -0.1) is 0 Å². The number of nitrogens with zero attached hydrogens (tertiary/aromatic N) is 4. The van der Waals surface area contributed by atoms with Gasteiger partial charge in [-0.3, -0.25) is 14.7 Å². The Hall–Kier alpha value is -1.96. The molecule has 1 aromatic heterocycles. The molecule has 2 aliphatic heterocycles. The first-order valence-electron chi connectivity index (χ1n) is 9.44. The molecule has 3 rings (SSSR count). The highest BCUT2D eigenvalue weighted by Crippen LogP contribution is 2.39. The molecule has 2 fully saturated rings. The quantitative estimate of drug-likeness (QED) is 0.812. The summed E-state index contributed by atoms with van der Waals surface area (Å²) in [5.74, 6) is 1.83. The van der Waals surface area contributed by atoms with Crippen molar-refractivity contribution in [2.45, 2.75) is 45.4 Å². The zero-order valence-corrected chi connectivity index (χ0v) is 15.8. The molecule has 2 saturated heterocycles. The summed E-state index contributed by atoms with van der Waals surface area (Å²) in [7, 11) is 1.65. The van der Waals surface area contributed by atoms with E-state index >= 15 is 0 Å². The van der Waals surface area contributed by atoms with Crippen LogP contribution in [0.5, 0.6) is 0 Å². The van der Waals surface area contributed by atoms with E-state index in [1.165, 1.54) is 0 Å². The Morgan fingerprint density at radius 1 is 1.35 bits per heavy atom. The maximum atomic E-state index is 12.7. The van der Waals surface area contributed by atoms with Crippen LogP contribution in [0.25, 0.3) is 0 Å². The van der Waals surface area contributed by atoms with Crippen molar-refractivity contribution >= 4 is 11.8 Å². The molecule has 8 nitrogen and oxygen atoms in total. The van der Waals surface area contributed by atoms with Gasteiger partial charge in [0.1, 0.15) is 5.82 Å². The third-order valence-electron chi connectivity index (χ3n) is 5.53. The predicted octanol–water partition coefficient (Wildman–Crippen LogP) is 0.923. The van der Waals surface area contributed by atoms with Gasteiger partial charge in [0.2, 0.25) is 11.8 Å². The minimum Gasteiger partial charge on any atom is -0.383 e. The normalized spacial score (nSPS) is 23.7. The van der Waals surface area contributed by atoms with Gasteiger partial charge in [-0.25, -0.2) is 4.98 Å². The fourth-order valence-corrected chi connectivity index (χ4v) is 4.14. The summed E-state index contributed by atoms with van der Waals surface area (Å²) in [6.07, 6.45) is 4.51. The van der Waals surface area contributed by atoms with Crippen LogP contribution in [0.3, 0.4) is 0 Å². The first-order chi connectivity index (χ1) is 12.5. The molecule has 0 aliphatic carbocycles. The number of likely N-dealkylation sites (tertiary alicyclic amines) is 2. The molecule has 144 valence electrons. The van der Waals surface area contributed by atoms with E-state index in [0.717, 1.165) is 44.7 Å². The molecule has 0 radical (unpaired) electrons. The highest BCUT2D eigenvalue weighted by atomic mass is 16.5. The van der Waals surface area contributed by atoms with Crippen LogP contribution in [0.15, 0.2) is 0 Å². The van der Waals surface area contributed by atoms with Gasteiger partial charge in [-0.1, -0.05) is 0 Å². The summed E-state index contributed by atoms with van der Waals surface area (Å²) >= 11 is 0. The van der Waals surface area contributed by atoms with Crippen LogP contribution < -0.4 is 0 Å². The topological polar surface area (TPSA) is 91.4 Å². The van der Waals surface area contributed by atoms with Crippen LogP contribution in [0, 0.1) is 12.3 Å². The molecule has 1 N–H and O–H groups in total. The van der Waals surface area contributed by atoms with Gasteiger partial charge in [-0.2, -0.15) is 5.10 Å². The largest absolute Gasteiger partial charge is 0.383 e. The lowest BCUT2D eigenvalue weighted by Gasteiger charge is -2.48. The second kappa shape index (κ2) is 8.16. The van der Waals surface area contributed by atoms with Gasteiger partial charge in [0.15, 0.2) is 5.82 Å². The minimum absolute atomic E-state index is 0.0384. The number of aromatic nitrogens is 3. The number of piperidine rings is 2. The summed E-state index contributed by atoms with van der Waals surface area (Å²) in [6.45, 7) is 5.33. The van der Waals surface area contributed by atoms with Crippen LogP contribution in [-0.4, -0.2) is 76.7 Å². The highest BCUT2D eigenvalue weighted by molar-refractivity contribution is 5.78. The van der Waals surface area contributed by atoms with Crippen molar-refractivity contribution in [2.24, 2.45) is 5.41 Å². The van der Waals surface area contributed by atoms with E-state index in [-0.39, 0.29) is 17.2 Å². The molecule has 26 heavy (non-hydrogen) atoms. The molecule has 1 aromatic rings. The standard InChI is InChI=1S/C18H29N5O3/c1-14-19-15(21-20-14)4-5-16(24)22-9-3-7-18(12-22)8-6-17(25)23(13-18)10-11-26-2/h3-13H2,1-2H3,(H,19,20,21)/t18-/m0/s1. The molecule has 2 aliphatic rings. The average Bonchev–Trinajstić information content (AvgIpc) is 3.06. The van der Waals surface area contributed by atoms with Crippen molar-refractivity contribution in [2.75, 3.05) is 39.9 Å². The summed E-state index contributed by atoms with van der Waals surface area (Å²) in [6, 6.07) is 0. The van der Waals surface area contributed by atoms with E-state index in [9.17, 15) is 9.59 Å². The van der Waals surface area contributed by atoms with Crippen molar-refractivity contribution in [3.05, 3.63) is 11.6 Å². The van der Waals surface area contributed by atoms with E-state index in [4.69, 9.17) is 4.74 Å². The van der Waals surface area contributed by atoms with Gasteiger partial charge in [0, 0.05) is 58.0 Å². The van der Waals surface area contributed by atoms with Crippen LogP contribution in [0.1, 0.15) is 43.8 Å². The van der Waals surface area contributed by atoms with Gasteiger partial charge >= 0.3 is 0 Å². The lowest BCUT2D eigenvalue weighted by molar-refractivity contribution is -0.143. The van der Waals surface area contributed by atoms with Gasteiger partial charge in [0.25, 0.3) is 0 Å². The Morgan fingerprint density at radius 3 is 2.92 bits per heavy atom. The highest BCUT2D eigenvalue weighted by Gasteiger charge is 2.42. The zero-order chi connectivity index (χ0) is 18.6. The lowest BCUT2D eigenvalue weighted by atomic mass is 9.73. The van der Waals surface area contributed by atoms with Crippen molar-refractivity contribution in [1.82, 2.24) is 25.0 Å². The second-order valence-corrected chi connectivity index (χ2v) is 7.56. The number of carbonyl (C=O) groups excluding carboxylic acids is 2. The first kappa shape index (κ1) is 18.8. The number of aryl methyl sites for hydroxylation is 2. The molecule has 0 saturated carbocycles. The molecular weight excluding hydrogens is 334 g/mol. The molecule has 0 aromatic carbocycles. The summed E-state index contributed by atoms with van der Waals surface area (Å²) < 4.78 is 5.13. The van der Waals surface area contributed by atoms with Crippen molar-refractivity contribution < 1.29 is 14.3 Å². The van der Waals surface area contributed by atoms with E-state index in [2.05, 4.69) is 15.2 Å². The predicted molar refractivity (Wildman–Crippen MR) is 95.4 cm³/mol. The number of carbonyl (C=O) groups is 2. The number of ether oxygens (including phenoxy) is 1. The van der Waals surface area contributed by atoms with E-state index in [1.807, 2.05) is 16.7 Å². The van der Waals surface area contributed by atoms with Crippen LogP contribution in [0.4, 0.5) is 0 Å². The number of hydrogen-bond donors (Lipinski definition) is 1. The smallest absolute Gasteiger partial charge is 0.223 e. The van der Waals surface area contributed by atoms with E-state index in [1.54, 1.807) is 7.11 Å². The monoisotopic (exact) mass is 363 g/mol. The fraction of sp³-hybridized carbons (Fsp3) is 0.778. The number of amides is 2. The fourth-order valence-electron chi connectivity index (χ4n) is 4.14. The first-order valence-corrected chi connectivity index (χ1v) is 9.44. The van der Waals surface area contributed by atoms with Crippen molar-refractivity contribution in [1.29, 1.82) is 0 Å². The van der Waals surface area contributed by atoms with Gasteiger partial charge < -0.3 is 14.5 Å². The van der Waals surface area contributed by atoms with Crippen LogP contribution in [0.2, 0.25) is 0 Å². The minimum atomic E-state index is 0.0384. The Morgan fingerprint density at radius 2 is 2.19 bits per heavy atom. The number of H-pyrrole nitrogens is 1. The maximum absolute atomic E-state index is 12.7. The Kier molecular flexibility index (Phi) is 5.90. The number of methoxy groups -OCH3 is 1. The lowest BCUT2D eigenvalue weighted by Crippen LogP contribution is -2.55. The van der Waals surface area contributed by atoms with Gasteiger partial charge in [-0.05, 0) is 26.2 Å². The molecule has 8 heteroatoms. The molecule has 1 atom stereocenters. The Labute approximate surface area is 154 Å². The number of aromatic amines is 1. The zero-order valence-electron chi connectivity index (χ0n) is 15.8. The number of hydrogen-bond acceptors (Lipinski definition) is 5. The van der Waals surface area contributed by atoms with Crippen molar-refractivity contribution in [3.63, 3.8) is 0 Å². The van der Waals surface area contributed by atoms with Gasteiger partial charge in [0.05, 0.1) is 6.61 Å². The molecule has 3 heterocycles. The third-order valence-corrected chi connectivity index (χ3v) is 5.53. The van der Waals surface area contributed by atoms with E-state index < -0.39 is 0 Å².